The second kappa shape index (κ2) is 16.1. The molecule has 0 saturated heterocycles. The summed E-state index contributed by atoms with van der Waals surface area (Å²) in [5.74, 6) is -0.661. The normalized spacial score (nSPS) is 11.3. The number of carboxylic acid groups (broad SMARTS) is 1. The fourth-order valence-corrected chi connectivity index (χ4v) is 4.69. The summed E-state index contributed by atoms with van der Waals surface area (Å²) in [6.45, 7) is 0. The van der Waals surface area contributed by atoms with Crippen molar-refractivity contribution in [1.29, 1.82) is 0 Å². The topological polar surface area (TPSA) is 37.3 Å². The van der Waals surface area contributed by atoms with E-state index in [4.69, 9.17) is 16.7 Å². The zero-order valence-electron chi connectivity index (χ0n) is 19.2. The predicted molar refractivity (Wildman–Crippen MR) is 134 cm³/mol. The van der Waals surface area contributed by atoms with E-state index in [9.17, 15) is 4.79 Å². The number of benzene rings is 2. The summed E-state index contributed by atoms with van der Waals surface area (Å²) in [6.07, 6.45) is 20.6. The maximum absolute atomic E-state index is 10.4. The molecule has 0 fully saturated rings. The number of hydrogen-bond donors (Lipinski definition) is 1. The van der Waals surface area contributed by atoms with Crippen LogP contribution in [0.2, 0.25) is 5.02 Å². The lowest BCUT2D eigenvalue weighted by atomic mass is 10.0. The molecule has 0 aliphatic rings. The summed E-state index contributed by atoms with van der Waals surface area (Å²) < 4.78 is 0. The smallest absolute Gasteiger partial charge is 0.303 e. The number of halogens is 1. The first kappa shape index (κ1) is 25.7. The van der Waals surface area contributed by atoms with Gasteiger partial charge < -0.3 is 5.11 Å². The second-order valence-electron chi connectivity index (χ2n) is 8.96. The molecule has 0 atom stereocenters. The molecule has 0 radical (unpaired) electrons. The van der Waals surface area contributed by atoms with Gasteiger partial charge in [-0.1, -0.05) is 131 Å². The molecule has 0 unspecified atom stereocenters. The van der Waals surface area contributed by atoms with Crippen LogP contribution in [0.5, 0.6) is 0 Å². The minimum absolute atomic E-state index is 0.332. The van der Waals surface area contributed by atoms with Crippen LogP contribution in [0.1, 0.15) is 108 Å². The van der Waals surface area contributed by atoms with Crippen molar-refractivity contribution in [3.8, 4) is 0 Å². The van der Waals surface area contributed by atoms with Gasteiger partial charge in [-0.3, -0.25) is 4.79 Å². The Morgan fingerprint density at radius 2 is 1.13 bits per heavy atom. The van der Waals surface area contributed by atoms with Gasteiger partial charge in [0.1, 0.15) is 0 Å². The average molecular weight is 445 g/mol. The number of rotatable bonds is 18. The van der Waals surface area contributed by atoms with Crippen LogP contribution < -0.4 is 0 Å². The highest BCUT2D eigenvalue weighted by molar-refractivity contribution is 6.36. The third-order valence-electron chi connectivity index (χ3n) is 6.28. The van der Waals surface area contributed by atoms with Crippen LogP contribution >= 0.6 is 11.6 Å². The Morgan fingerprint density at radius 1 is 0.645 bits per heavy atom. The van der Waals surface area contributed by atoms with Gasteiger partial charge in [-0.15, -0.1) is 0 Å². The number of fused-ring (bicyclic) bond motifs is 1. The molecule has 0 aromatic heterocycles. The first-order chi connectivity index (χ1) is 15.2. The summed E-state index contributed by atoms with van der Waals surface area (Å²) in [5, 5.41) is 12.0. The molecule has 0 amide bonds. The van der Waals surface area contributed by atoms with Crippen LogP contribution in [0.4, 0.5) is 0 Å². The third-order valence-corrected chi connectivity index (χ3v) is 6.73. The highest BCUT2D eigenvalue weighted by Gasteiger charge is 2.05. The van der Waals surface area contributed by atoms with Crippen LogP contribution in [-0.2, 0) is 11.2 Å². The van der Waals surface area contributed by atoms with Gasteiger partial charge >= 0.3 is 5.97 Å². The molecule has 3 heteroatoms. The fourth-order valence-electron chi connectivity index (χ4n) is 4.36. The molecule has 0 heterocycles. The Labute approximate surface area is 194 Å². The SMILES string of the molecule is O=C(O)CCCCCCCCCCCCCCCCCc1ccc2ccccc2c1Cl. The number of carbonyl (C=O) groups is 1. The largest absolute Gasteiger partial charge is 0.481 e. The monoisotopic (exact) mass is 444 g/mol. The summed E-state index contributed by atoms with van der Waals surface area (Å²) in [5.41, 5.74) is 1.29. The molecular formula is C28H41ClO2. The first-order valence-corrected chi connectivity index (χ1v) is 12.9. The Kier molecular flexibility index (Phi) is 13.4. The van der Waals surface area contributed by atoms with Crippen molar-refractivity contribution in [2.45, 2.75) is 109 Å². The molecule has 0 spiro atoms. The Morgan fingerprint density at radius 3 is 1.68 bits per heavy atom. The molecule has 2 rings (SSSR count). The van der Waals surface area contributed by atoms with Crippen molar-refractivity contribution >= 4 is 28.3 Å². The van der Waals surface area contributed by atoms with Gasteiger partial charge in [0, 0.05) is 11.8 Å². The van der Waals surface area contributed by atoms with Gasteiger partial charge in [-0.2, -0.15) is 0 Å². The van der Waals surface area contributed by atoms with Crippen molar-refractivity contribution in [2.24, 2.45) is 0 Å². The van der Waals surface area contributed by atoms with Gasteiger partial charge in [-0.25, -0.2) is 0 Å². The van der Waals surface area contributed by atoms with Gasteiger partial charge in [0.25, 0.3) is 0 Å². The van der Waals surface area contributed by atoms with Crippen molar-refractivity contribution in [3.63, 3.8) is 0 Å². The van der Waals surface area contributed by atoms with Crippen molar-refractivity contribution < 1.29 is 9.90 Å². The lowest BCUT2D eigenvalue weighted by molar-refractivity contribution is -0.137. The maximum Gasteiger partial charge on any atom is 0.303 e. The van der Waals surface area contributed by atoms with Gasteiger partial charge in [0.05, 0.1) is 5.02 Å². The Balaban J connectivity index is 1.36. The zero-order chi connectivity index (χ0) is 22.2. The van der Waals surface area contributed by atoms with Gasteiger partial charge in [0.2, 0.25) is 0 Å². The molecule has 0 bridgehead atoms. The van der Waals surface area contributed by atoms with Crippen LogP contribution in [0.3, 0.4) is 0 Å². The molecule has 2 nitrogen and oxygen atoms in total. The number of unbranched alkanes of at least 4 members (excludes halogenated alkanes) is 14. The molecule has 1 N–H and O–H groups in total. The van der Waals surface area contributed by atoms with E-state index in [2.05, 4.69) is 36.4 Å². The van der Waals surface area contributed by atoms with Crippen molar-refractivity contribution in [2.75, 3.05) is 0 Å². The highest BCUT2D eigenvalue weighted by Crippen LogP contribution is 2.28. The molecule has 2 aromatic carbocycles. The van der Waals surface area contributed by atoms with E-state index in [0.29, 0.717) is 6.42 Å². The molecule has 0 aliphatic heterocycles. The first-order valence-electron chi connectivity index (χ1n) is 12.6. The second-order valence-corrected chi connectivity index (χ2v) is 9.33. The summed E-state index contributed by atoms with van der Waals surface area (Å²) >= 11 is 6.60. The summed E-state index contributed by atoms with van der Waals surface area (Å²) in [6, 6.07) is 12.8. The van der Waals surface area contributed by atoms with E-state index in [-0.39, 0.29) is 0 Å². The number of hydrogen-bond acceptors (Lipinski definition) is 1. The third kappa shape index (κ3) is 11.1. The van der Waals surface area contributed by atoms with Gasteiger partial charge in [-0.05, 0) is 30.2 Å². The molecular weight excluding hydrogens is 404 g/mol. The minimum atomic E-state index is -0.661. The van der Waals surface area contributed by atoms with Crippen molar-refractivity contribution in [1.82, 2.24) is 0 Å². The molecule has 2 aromatic rings. The fraction of sp³-hybridized carbons (Fsp3) is 0.607. The number of carboxylic acids is 1. The maximum atomic E-state index is 10.4. The van der Waals surface area contributed by atoms with E-state index in [1.165, 1.54) is 99.8 Å². The quantitative estimate of drug-likeness (QED) is 0.232. The van der Waals surface area contributed by atoms with Crippen molar-refractivity contribution in [3.05, 3.63) is 47.0 Å². The van der Waals surface area contributed by atoms with E-state index in [0.717, 1.165) is 24.3 Å². The summed E-state index contributed by atoms with van der Waals surface area (Å²) in [4.78, 5) is 10.4. The highest BCUT2D eigenvalue weighted by atomic mass is 35.5. The van der Waals surface area contributed by atoms with E-state index in [1.807, 2.05) is 0 Å². The number of aryl methyl sites for hydroxylation is 1. The van der Waals surface area contributed by atoms with Crippen LogP contribution in [0.25, 0.3) is 10.8 Å². The molecule has 172 valence electrons. The lowest BCUT2D eigenvalue weighted by Crippen LogP contribution is -1.93. The van der Waals surface area contributed by atoms with E-state index in [1.54, 1.807) is 0 Å². The van der Waals surface area contributed by atoms with E-state index < -0.39 is 5.97 Å². The molecule has 0 saturated carbocycles. The van der Waals surface area contributed by atoms with E-state index >= 15 is 0 Å². The summed E-state index contributed by atoms with van der Waals surface area (Å²) in [7, 11) is 0. The zero-order valence-corrected chi connectivity index (χ0v) is 20.0. The van der Waals surface area contributed by atoms with Crippen LogP contribution in [0, 0.1) is 0 Å². The number of aliphatic carboxylic acids is 1. The Bertz CT molecular complexity index is 756. The Hall–Kier alpha value is -1.54. The lowest BCUT2D eigenvalue weighted by Gasteiger charge is -2.08. The van der Waals surface area contributed by atoms with Crippen LogP contribution in [-0.4, -0.2) is 11.1 Å². The molecule has 31 heavy (non-hydrogen) atoms. The average Bonchev–Trinajstić information content (AvgIpc) is 2.77. The molecule has 0 aliphatic carbocycles. The predicted octanol–water partition coefficient (Wildman–Crippen LogP) is 9.36. The minimum Gasteiger partial charge on any atom is -0.481 e. The van der Waals surface area contributed by atoms with Crippen LogP contribution in [0.15, 0.2) is 36.4 Å². The van der Waals surface area contributed by atoms with Gasteiger partial charge in [0.15, 0.2) is 0 Å². The standard InChI is InChI=1S/C28H41ClO2/c29-28-25(23-22-24-18-16-17-20-26(24)28)19-14-12-10-8-6-4-2-1-3-5-7-9-11-13-15-21-27(30)31/h16-18,20,22-23H,1-15,19,21H2,(H,30,31).